The number of halogens is 1. The van der Waals surface area contributed by atoms with Crippen molar-refractivity contribution >= 4 is 21.9 Å². The zero-order chi connectivity index (χ0) is 21.4. The van der Waals surface area contributed by atoms with Gasteiger partial charge in [-0.25, -0.2) is 0 Å². The van der Waals surface area contributed by atoms with Gasteiger partial charge in [0.05, 0.1) is 0 Å². The van der Waals surface area contributed by atoms with E-state index in [9.17, 15) is 4.79 Å². The molecule has 158 valence electrons. The molecule has 2 heterocycles. The highest BCUT2D eigenvalue weighted by Gasteiger charge is 2.69. The van der Waals surface area contributed by atoms with Crippen LogP contribution in [0.3, 0.4) is 0 Å². The molecule has 3 aliphatic carbocycles. The van der Waals surface area contributed by atoms with E-state index in [1.54, 1.807) is 0 Å². The van der Waals surface area contributed by atoms with Crippen LogP contribution in [0, 0.1) is 5.92 Å². The third-order valence-electron chi connectivity index (χ3n) is 8.31. The molecule has 2 nitrogen and oxygen atoms in total. The first-order valence-electron chi connectivity index (χ1n) is 11.5. The lowest BCUT2D eigenvalue weighted by molar-refractivity contribution is -0.166. The Labute approximate surface area is 196 Å². The smallest absolute Gasteiger partial charge is 0.324 e. The average molecular weight is 483 g/mol. The van der Waals surface area contributed by atoms with Crippen molar-refractivity contribution < 1.29 is 9.53 Å². The first-order chi connectivity index (χ1) is 15.7. The number of fused-ring (bicyclic) bond motifs is 3. The number of hydrogen-bond acceptors (Lipinski definition) is 2. The maximum atomic E-state index is 13.3. The molecule has 3 heteroatoms. The molecule has 3 aromatic carbocycles. The summed E-state index contributed by atoms with van der Waals surface area (Å²) in [6.45, 7) is 0. The highest BCUT2D eigenvalue weighted by Crippen LogP contribution is 2.70. The number of benzene rings is 3. The molecule has 0 radical (unpaired) electrons. The summed E-state index contributed by atoms with van der Waals surface area (Å²) in [5.41, 5.74) is 6.70. The van der Waals surface area contributed by atoms with Crippen LogP contribution in [0.25, 0.3) is 0 Å². The Balaban J connectivity index is 1.55. The number of esters is 1. The SMILES string of the molecule is O=C1OC2CC3c4ccccc4C4C(C2=C[C@@H](c2ccccc2)[C@@H]4c2ccccc2)C13Br. The van der Waals surface area contributed by atoms with Crippen LogP contribution in [0.1, 0.15) is 52.3 Å². The van der Waals surface area contributed by atoms with Gasteiger partial charge in [0.15, 0.2) is 0 Å². The summed E-state index contributed by atoms with van der Waals surface area (Å²) in [5.74, 6) is 0.890. The lowest BCUT2D eigenvalue weighted by Gasteiger charge is -2.62. The van der Waals surface area contributed by atoms with Crippen molar-refractivity contribution in [1.29, 1.82) is 0 Å². The van der Waals surface area contributed by atoms with Crippen molar-refractivity contribution in [2.45, 2.75) is 40.5 Å². The quantitative estimate of drug-likeness (QED) is 0.238. The Morgan fingerprint density at radius 3 is 2.12 bits per heavy atom. The van der Waals surface area contributed by atoms with Crippen LogP contribution >= 0.6 is 15.9 Å². The average Bonchev–Trinajstić information content (AvgIpc) is 2.84. The number of allylic oxidation sites excluding steroid dienone is 1. The summed E-state index contributed by atoms with van der Waals surface area (Å²) in [4.78, 5) is 13.3. The van der Waals surface area contributed by atoms with Crippen LogP contribution in [-0.4, -0.2) is 16.4 Å². The van der Waals surface area contributed by atoms with E-state index < -0.39 is 4.32 Å². The second kappa shape index (κ2) is 6.68. The van der Waals surface area contributed by atoms with Crippen molar-refractivity contribution in [1.82, 2.24) is 0 Å². The van der Waals surface area contributed by atoms with E-state index in [-0.39, 0.29) is 41.7 Å². The Kier molecular flexibility index (Phi) is 3.94. The van der Waals surface area contributed by atoms with Crippen molar-refractivity contribution in [3.05, 3.63) is 119 Å². The normalized spacial score (nSPS) is 36.2. The Hall–Kier alpha value is -2.65. The standard InChI is InChI=1S/C29H23BrO2/c30-29-23-16-24(32-28(29)31)22-15-21(17-9-3-1-4-10-17)25(18-11-5-2-6-12-18)26(27(22)29)20-14-8-7-13-19(20)23/h1-15,21,23-27H,16H2/t21-,23?,24?,25-,26?,27?,29?/m0/s1. The van der Waals surface area contributed by atoms with Crippen LogP contribution in [0.4, 0.5) is 0 Å². The van der Waals surface area contributed by atoms with E-state index in [4.69, 9.17) is 4.74 Å². The summed E-state index contributed by atoms with van der Waals surface area (Å²) in [6, 6.07) is 30.5. The lowest BCUT2D eigenvalue weighted by atomic mass is 9.47. The minimum atomic E-state index is -0.679. The molecule has 0 N–H and O–H groups in total. The van der Waals surface area contributed by atoms with Gasteiger partial charge in [0.1, 0.15) is 10.4 Å². The fourth-order valence-electron chi connectivity index (χ4n) is 7.13. The Morgan fingerprint density at radius 1 is 0.781 bits per heavy atom. The first-order valence-corrected chi connectivity index (χ1v) is 12.3. The van der Waals surface area contributed by atoms with Gasteiger partial charge >= 0.3 is 5.97 Å². The molecule has 32 heavy (non-hydrogen) atoms. The molecular formula is C29H23BrO2. The maximum Gasteiger partial charge on any atom is 0.324 e. The van der Waals surface area contributed by atoms with Gasteiger partial charge in [0, 0.05) is 29.6 Å². The van der Waals surface area contributed by atoms with Crippen molar-refractivity contribution in [3.63, 3.8) is 0 Å². The molecule has 0 amide bonds. The molecule has 3 fully saturated rings. The van der Waals surface area contributed by atoms with Gasteiger partial charge in [-0.15, -0.1) is 0 Å². The van der Waals surface area contributed by atoms with Crippen molar-refractivity contribution in [3.8, 4) is 0 Å². The topological polar surface area (TPSA) is 26.3 Å². The summed E-state index contributed by atoms with van der Waals surface area (Å²) >= 11 is 4.03. The van der Waals surface area contributed by atoms with Gasteiger partial charge in [0.25, 0.3) is 0 Å². The molecule has 1 saturated carbocycles. The van der Waals surface area contributed by atoms with Gasteiger partial charge in [-0.2, -0.15) is 0 Å². The highest BCUT2D eigenvalue weighted by molar-refractivity contribution is 9.10. The molecule has 4 bridgehead atoms. The van der Waals surface area contributed by atoms with Gasteiger partial charge < -0.3 is 4.74 Å². The lowest BCUT2D eigenvalue weighted by Crippen LogP contribution is -2.64. The van der Waals surface area contributed by atoms with Gasteiger partial charge in [-0.3, -0.25) is 4.79 Å². The van der Waals surface area contributed by atoms with E-state index in [2.05, 4.69) is 107 Å². The van der Waals surface area contributed by atoms with E-state index in [1.165, 1.54) is 27.8 Å². The monoisotopic (exact) mass is 482 g/mol. The minimum absolute atomic E-state index is 0.0784. The third kappa shape index (κ3) is 2.33. The molecule has 0 spiro atoms. The molecule has 0 aromatic heterocycles. The predicted octanol–water partition coefficient (Wildman–Crippen LogP) is 6.45. The highest BCUT2D eigenvalue weighted by atomic mass is 79.9. The number of ether oxygens (including phenoxy) is 1. The predicted molar refractivity (Wildman–Crippen MR) is 128 cm³/mol. The van der Waals surface area contributed by atoms with E-state index in [1.807, 2.05) is 0 Å². The second-order valence-electron chi connectivity index (χ2n) is 9.62. The third-order valence-corrected chi connectivity index (χ3v) is 9.68. The Morgan fingerprint density at radius 2 is 1.41 bits per heavy atom. The molecule has 5 aliphatic rings. The second-order valence-corrected chi connectivity index (χ2v) is 10.9. The Bertz CT molecular complexity index is 1250. The summed E-state index contributed by atoms with van der Waals surface area (Å²) in [6.07, 6.45) is 3.20. The van der Waals surface area contributed by atoms with E-state index >= 15 is 0 Å². The maximum absolute atomic E-state index is 13.3. The van der Waals surface area contributed by atoms with E-state index in [0.29, 0.717) is 0 Å². The fourth-order valence-corrected chi connectivity index (χ4v) is 8.21. The molecule has 2 aliphatic heterocycles. The zero-order valence-corrected chi connectivity index (χ0v) is 19.1. The largest absolute Gasteiger partial charge is 0.457 e. The number of rotatable bonds is 2. The van der Waals surface area contributed by atoms with Crippen LogP contribution in [0.5, 0.6) is 0 Å². The van der Waals surface area contributed by atoms with Crippen LogP contribution < -0.4 is 0 Å². The number of carbonyl (C=O) groups is 1. The molecule has 2 saturated heterocycles. The van der Waals surface area contributed by atoms with Gasteiger partial charge in [-0.05, 0) is 34.2 Å². The van der Waals surface area contributed by atoms with Crippen LogP contribution in [-0.2, 0) is 9.53 Å². The van der Waals surface area contributed by atoms with Crippen LogP contribution in [0.15, 0.2) is 96.6 Å². The summed E-state index contributed by atoms with van der Waals surface area (Å²) in [7, 11) is 0. The van der Waals surface area contributed by atoms with Gasteiger partial charge in [0.2, 0.25) is 0 Å². The number of hydrogen-bond donors (Lipinski definition) is 0. The zero-order valence-electron chi connectivity index (χ0n) is 17.5. The molecule has 5 unspecified atom stereocenters. The number of alkyl halides is 1. The van der Waals surface area contributed by atoms with Crippen molar-refractivity contribution in [2.24, 2.45) is 5.92 Å². The van der Waals surface area contributed by atoms with E-state index in [0.717, 1.165) is 6.42 Å². The first kappa shape index (κ1) is 18.9. The number of carbonyl (C=O) groups excluding carboxylic acids is 1. The molecule has 3 aromatic rings. The summed E-state index contributed by atoms with van der Waals surface area (Å²) < 4.78 is 5.32. The van der Waals surface area contributed by atoms with Gasteiger partial charge in [-0.1, -0.05) is 107 Å². The minimum Gasteiger partial charge on any atom is -0.457 e. The fraction of sp³-hybridized carbons (Fsp3) is 0.276. The molecule has 7 atom stereocenters. The molecule has 8 rings (SSSR count). The van der Waals surface area contributed by atoms with Crippen molar-refractivity contribution in [2.75, 3.05) is 0 Å². The molecular weight excluding hydrogens is 460 g/mol. The van der Waals surface area contributed by atoms with Crippen LogP contribution in [0.2, 0.25) is 0 Å². The summed E-state index contributed by atoms with van der Waals surface area (Å²) in [5, 5.41) is 0.